The summed E-state index contributed by atoms with van der Waals surface area (Å²) in [5.74, 6) is 0.429. The van der Waals surface area contributed by atoms with Crippen LogP contribution in [-0.2, 0) is 18.0 Å². The van der Waals surface area contributed by atoms with Crippen LogP contribution in [0.5, 0.6) is 5.75 Å². The molecule has 0 bridgehead atoms. The van der Waals surface area contributed by atoms with E-state index in [0.29, 0.717) is 17.9 Å². The molecule has 0 aliphatic carbocycles. The number of hydrogen-bond acceptors (Lipinski definition) is 8. The number of aromatic nitrogens is 2. The molecule has 1 aliphatic rings. The maximum absolute atomic E-state index is 12.1. The van der Waals surface area contributed by atoms with E-state index in [9.17, 15) is 9.90 Å². The van der Waals surface area contributed by atoms with Crippen LogP contribution in [0.3, 0.4) is 0 Å². The lowest BCUT2D eigenvalue weighted by Crippen LogP contribution is -2.31. The van der Waals surface area contributed by atoms with E-state index in [-0.39, 0.29) is 12.5 Å². The van der Waals surface area contributed by atoms with Gasteiger partial charge in [-0.25, -0.2) is 0 Å². The Morgan fingerprint density at radius 1 is 1.13 bits per heavy atom. The molecule has 0 spiro atoms. The predicted octanol–water partition coefficient (Wildman–Crippen LogP) is 1.74. The maximum Gasteiger partial charge on any atom is 0.244 e. The standard InChI is InChI=1S/C21H20N4O4S/c26-11-14-9-13(5-8-23-14)12-29-15-1-3-16(4-2-15)30-18-6-7-22-10-17(18)19-20(27)25-21(28)24-19/h1-10,19,21,24,26,28H,11-12H2,(H,25,27). The number of carbonyl (C=O) groups excluding carboxylic acids is 1. The highest BCUT2D eigenvalue weighted by molar-refractivity contribution is 7.99. The van der Waals surface area contributed by atoms with Crippen LogP contribution >= 0.6 is 11.8 Å². The van der Waals surface area contributed by atoms with Crippen molar-refractivity contribution < 1.29 is 19.7 Å². The molecule has 2 aromatic heterocycles. The summed E-state index contributed by atoms with van der Waals surface area (Å²) in [6, 6.07) is 12.5. The minimum absolute atomic E-state index is 0.103. The lowest BCUT2D eigenvalue weighted by molar-refractivity contribution is -0.121. The molecular formula is C21H20N4O4S. The molecule has 4 N–H and O–H groups in total. The summed E-state index contributed by atoms with van der Waals surface area (Å²) in [5.41, 5.74) is 2.24. The van der Waals surface area contributed by atoms with Gasteiger partial charge in [-0.1, -0.05) is 11.8 Å². The van der Waals surface area contributed by atoms with Crippen LogP contribution < -0.4 is 15.4 Å². The second-order valence-corrected chi connectivity index (χ2v) is 7.72. The molecule has 4 rings (SSSR count). The quantitative estimate of drug-likeness (QED) is 0.453. The predicted molar refractivity (Wildman–Crippen MR) is 109 cm³/mol. The molecule has 9 heteroatoms. The molecule has 3 heterocycles. The van der Waals surface area contributed by atoms with E-state index in [1.165, 1.54) is 11.8 Å². The highest BCUT2D eigenvalue weighted by atomic mass is 32.2. The molecule has 0 saturated carbocycles. The minimum Gasteiger partial charge on any atom is -0.489 e. The third-order valence-electron chi connectivity index (χ3n) is 4.49. The summed E-state index contributed by atoms with van der Waals surface area (Å²) in [5, 5.41) is 24.0. The van der Waals surface area contributed by atoms with Gasteiger partial charge in [-0.2, -0.15) is 0 Å². The van der Waals surface area contributed by atoms with E-state index in [2.05, 4.69) is 20.6 Å². The second kappa shape index (κ2) is 9.23. The molecule has 2 atom stereocenters. The number of nitrogens with one attached hydrogen (secondary N) is 2. The Kier molecular flexibility index (Phi) is 6.24. The number of benzene rings is 1. The van der Waals surface area contributed by atoms with Crippen molar-refractivity contribution in [2.45, 2.75) is 35.4 Å². The molecule has 1 aromatic carbocycles. The van der Waals surface area contributed by atoms with Gasteiger partial charge in [0.25, 0.3) is 0 Å². The first-order chi connectivity index (χ1) is 14.6. The van der Waals surface area contributed by atoms with Gasteiger partial charge in [0.15, 0.2) is 6.35 Å². The molecule has 3 aromatic rings. The Labute approximate surface area is 177 Å². The number of pyridine rings is 2. The molecule has 154 valence electrons. The van der Waals surface area contributed by atoms with Crippen LogP contribution in [0, 0.1) is 0 Å². The number of nitrogens with zero attached hydrogens (tertiary/aromatic N) is 2. The molecule has 1 amide bonds. The fraction of sp³-hybridized carbons (Fsp3) is 0.190. The zero-order valence-electron chi connectivity index (χ0n) is 15.9. The molecule has 1 aliphatic heterocycles. The lowest BCUT2D eigenvalue weighted by atomic mass is 10.1. The normalized spacial score (nSPS) is 18.3. The van der Waals surface area contributed by atoms with Crippen molar-refractivity contribution in [2.75, 3.05) is 0 Å². The van der Waals surface area contributed by atoms with Gasteiger partial charge in [0.05, 0.1) is 12.3 Å². The van der Waals surface area contributed by atoms with Gasteiger partial charge in [-0.3, -0.25) is 20.1 Å². The van der Waals surface area contributed by atoms with Gasteiger partial charge >= 0.3 is 0 Å². The molecule has 1 saturated heterocycles. The monoisotopic (exact) mass is 424 g/mol. The van der Waals surface area contributed by atoms with Gasteiger partial charge < -0.3 is 20.3 Å². The average Bonchev–Trinajstić information content (AvgIpc) is 3.11. The smallest absolute Gasteiger partial charge is 0.244 e. The van der Waals surface area contributed by atoms with E-state index in [0.717, 1.165) is 21.1 Å². The summed E-state index contributed by atoms with van der Waals surface area (Å²) >= 11 is 1.50. The average molecular weight is 424 g/mol. The Morgan fingerprint density at radius 2 is 1.97 bits per heavy atom. The first kappa shape index (κ1) is 20.3. The van der Waals surface area contributed by atoms with Crippen LogP contribution in [-0.4, -0.2) is 32.4 Å². The summed E-state index contributed by atoms with van der Waals surface area (Å²) in [6.07, 6.45) is 3.88. The third-order valence-corrected chi connectivity index (χ3v) is 5.59. The van der Waals surface area contributed by atoms with Crippen LogP contribution in [0.1, 0.15) is 22.9 Å². The fourth-order valence-electron chi connectivity index (χ4n) is 3.03. The van der Waals surface area contributed by atoms with Crippen LogP contribution in [0.15, 0.2) is 70.8 Å². The molecule has 0 radical (unpaired) electrons. The van der Waals surface area contributed by atoms with E-state index >= 15 is 0 Å². The first-order valence-corrected chi connectivity index (χ1v) is 10.1. The molecule has 2 unspecified atom stereocenters. The van der Waals surface area contributed by atoms with Crippen molar-refractivity contribution in [3.05, 3.63) is 77.9 Å². The number of amides is 1. The van der Waals surface area contributed by atoms with Crippen molar-refractivity contribution in [1.82, 2.24) is 20.6 Å². The highest BCUT2D eigenvalue weighted by Gasteiger charge is 2.32. The van der Waals surface area contributed by atoms with Gasteiger partial charge in [0.2, 0.25) is 5.91 Å². The van der Waals surface area contributed by atoms with Crippen molar-refractivity contribution in [2.24, 2.45) is 0 Å². The summed E-state index contributed by atoms with van der Waals surface area (Å²) in [6.45, 7) is 0.273. The van der Waals surface area contributed by atoms with E-state index in [1.807, 2.05) is 36.4 Å². The maximum atomic E-state index is 12.1. The van der Waals surface area contributed by atoms with Gasteiger partial charge in [-0.05, 0) is 48.0 Å². The number of rotatable bonds is 7. The second-order valence-electron chi connectivity index (χ2n) is 6.60. The number of ether oxygens (including phenoxy) is 1. The number of carbonyl (C=O) groups is 1. The van der Waals surface area contributed by atoms with Crippen LogP contribution in [0.25, 0.3) is 0 Å². The molecule has 30 heavy (non-hydrogen) atoms. The minimum atomic E-state index is -1.06. The molecular weight excluding hydrogens is 404 g/mol. The molecule has 8 nitrogen and oxygen atoms in total. The van der Waals surface area contributed by atoms with Crippen molar-refractivity contribution in [1.29, 1.82) is 0 Å². The number of aliphatic hydroxyl groups excluding tert-OH is 2. The first-order valence-electron chi connectivity index (χ1n) is 9.26. The Bertz CT molecular complexity index is 1030. The Balaban J connectivity index is 1.42. The van der Waals surface area contributed by atoms with E-state index in [1.54, 1.807) is 24.7 Å². The van der Waals surface area contributed by atoms with Gasteiger partial charge in [0.1, 0.15) is 18.4 Å². The Hall–Kier alpha value is -2.98. The summed E-state index contributed by atoms with van der Waals surface area (Å²) in [7, 11) is 0. The van der Waals surface area contributed by atoms with Gasteiger partial charge in [-0.15, -0.1) is 0 Å². The zero-order valence-corrected chi connectivity index (χ0v) is 16.7. The van der Waals surface area contributed by atoms with Crippen LogP contribution in [0.2, 0.25) is 0 Å². The van der Waals surface area contributed by atoms with Crippen molar-refractivity contribution in [3.8, 4) is 5.75 Å². The number of hydrogen-bond donors (Lipinski definition) is 4. The largest absolute Gasteiger partial charge is 0.489 e. The Morgan fingerprint density at radius 3 is 2.70 bits per heavy atom. The van der Waals surface area contributed by atoms with Crippen molar-refractivity contribution >= 4 is 17.7 Å². The number of aliphatic hydroxyl groups is 2. The topological polar surface area (TPSA) is 117 Å². The highest BCUT2D eigenvalue weighted by Crippen LogP contribution is 2.34. The molecule has 1 fully saturated rings. The van der Waals surface area contributed by atoms with Crippen LogP contribution in [0.4, 0.5) is 0 Å². The fourth-order valence-corrected chi connectivity index (χ4v) is 3.97. The third kappa shape index (κ3) is 4.77. The summed E-state index contributed by atoms with van der Waals surface area (Å²) in [4.78, 5) is 22.1. The lowest BCUT2D eigenvalue weighted by Gasteiger charge is -2.13. The van der Waals surface area contributed by atoms with Gasteiger partial charge in [0, 0.05) is 33.9 Å². The van der Waals surface area contributed by atoms with Crippen molar-refractivity contribution in [3.63, 3.8) is 0 Å². The van der Waals surface area contributed by atoms with E-state index in [4.69, 9.17) is 9.84 Å². The summed E-state index contributed by atoms with van der Waals surface area (Å²) < 4.78 is 5.81. The van der Waals surface area contributed by atoms with E-state index < -0.39 is 12.4 Å². The zero-order chi connectivity index (χ0) is 20.9. The SMILES string of the molecule is O=C1NC(O)NC1c1cnccc1Sc1ccc(OCc2ccnc(CO)c2)cc1.